The van der Waals surface area contributed by atoms with Crippen molar-refractivity contribution in [1.29, 1.82) is 0 Å². The average molecular weight is 287 g/mol. The fraction of sp³-hybridized carbons (Fsp3) is 0.579. The van der Waals surface area contributed by atoms with E-state index >= 15 is 0 Å². The number of likely N-dealkylation sites (N-methyl/N-ethyl adjacent to an activating group) is 1. The summed E-state index contributed by atoms with van der Waals surface area (Å²) >= 11 is 0. The van der Waals surface area contributed by atoms with E-state index in [4.69, 9.17) is 4.74 Å². The van der Waals surface area contributed by atoms with Crippen molar-refractivity contribution < 1.29 is 4.74 Å². The van der Waals surface area contributed by atoms with Gasteiger partial charge in [-0.25, -0.2) is 0 Å². The minimum atomic E-state index is 0.787. The fourth-order valence-electron chi connectivity index (χ4n) is 3.04. The second kappa shape index (κ2) is 8.23. The van der Waals surface area contributed by atoms with Crippen molar-refractivity contribution in [1.82, 2.24) is 4.90 Å². The molecule has 0 unspecified atom stereocenters. The third kappa shape index (κ3) is 4.34. The Bertz CT molecular complexity index is 466. The van der Waals surface area contributed by atoms with Crippen LogP contribution in [0.4, 0.5) is 0 Å². The summed E-state index contributed by atoms with van der Waals surface area (Å²) in [5.74, 6) is 1.16. The lowest BCUT2D eigenvalue weighted by molar-refractivity contribution is 0.200. The zero-order chi connectivity index (χ0) is 15.1. The number of allylic oxidation sites excluding steroid dienone is 1. The Hall–Kier alpha value is -1.28. The monoisotopic (exact) mass is 287 g/mol. The molecule has 0 heterocycles. The molecule has 0 bridgehead atoms. The molecule has 0 radical (unpaired) electrons. The molecular formula is C19H29NO. The molecule has 1 aromatic carbocycles. The maximum absolute atomic E-state index is 6.27. The van der Waals surface area contributed by atoms with Crippen LogP contribution in [-0.2, 0) is 4.74 Å². The summed E-state index contributed by atoms with van der Waals surface area (Å²) in [4.78, 5) is 2.41. The van der Waals surface area contributed by atoms with Crippen LogP contribution in [0.3, 0.4) is 0 Å². The van der Waals surface area contributed by atoms with Gasteiger partial charge in [0.15, 0.2) is 0 Å². The third-order valence-electron chi connectivity index (χ3n) is 4.47. The second-order valence-electron chi connectivity index (χ2n) is 5.83. The maximum Gasteiger partial charge on any atom is 0.126 e. The van der Waals surface area contributed by atoms with Gasteiger partial charge in [-0.15, -0.1) is 0 Å². The fourth-order valence-corrected chi connectivity index (χ4v) is 3.04. The summed E-state index contributed by atoms with van der Waals surface area (Å²) < 4.78 is 6.27. The van der Waals surface area contributed by atoms with Crippen LogP contribution in [0.25, 0.3) is 5.76 Å². The summed E-state index contributed by atoms with van der Waals surface area (Å²) in [6.45, 7) is 10.6. The Morgan fingerprint density at radius 1 is 1.10 bits per heavy atom. The van der Waals surface area contributed by atoms with E-state index in [1.54, 1.807) is 0 Å². The van der Waals surface area contributed by atoms with Gasteiger partial charge in [0.05, 0.1) is 0 Å². The van der Waals surface area contributed by atoms with E-state index in [0.29, 0.717) is 0 Å². The van der Waals surface area contributed by atoms with Gasteiger partial charge < -0.3 is 9.64 Å². The number of rotatable bonds is 7. The van der Waals surface area contributed by atoms with Gasteiger partial charge in [0.2, 0.25) is 0 Å². The van der Waals surface area contributed by atoms with Crippen molar-refractivity contribution in [3.63, 3.8) is 0 Å². The lowest BCUT2D eigenvalue weighted by atomic mass is 10.0. The van der Waals surface area contributed by atoms with Crippen molar-refractivity contribution in [2.45, 2.75) is 46.5 Å². The van der Waals surface area contributed by atoms with Gasteiger partial charge >= 0.3 is 0 Å². The highest BCUT2D eigenvalue weighted by molar-refractivity contribution is 5.66. The summed E-state index contributed by atoms with van der Waals surface area (Å²) in [7, 11) is 0. The van der Waals surface area contributed by atoms with Gasteiger partial charge in [-0.3, -0.25) is 0 Å². The molecule has 2 nitrogen and oxygen atoms in total. The molecule has 1 aliphatic rings. The first-order valence-electron chi connectivity index (χ1n) is 8.39. The zero-order valence-electron chi connectivity index (χ0n) is 13.8. The molecule has 0 aliphatic heterocycles. The first kappa shape index (κ1) is 16.1. The molecular weight excluding hydrogens is 258 g/mol. The Morgan fingerprint density at radius 3 is 2.38 bits per heavy atom. The maximum atomic E-state index is 6.27. The van der Waals surface area contributed by atoms with Crippen LogP contribution in [0.2, 0.25) is 0 Å². The van der Waals surface area contributed by atoms with Gasteiger partial charge in [0.1, 0.15) is 12.4 Å². The van der Waals surface area contributed by atoms with Crippen LogP contribution >= 0.6 is 0 Å². The molecule has 1 aliphatic carbocycles. The van der Waals surface area contributed by atoms with E-state index in [1.807, 2.05) is 0 Å². The third-order valence-corrected chi connectivity index (χ3v) is 4.47. The highest BCUT2D eigenvalue weighted by Gasteiger charge is 2.17. The highest BCUT2D eigenvalue weighted by atomic mass is 16.5. The molecule has 1 aromatic rings. The van der Waals surface area contributed by atoms with Crippen molar-refractivity contribution in [2.75, 3.05) is 26.2 Å². The number of aryl methyl sites for hydroxylation is 1. The van der Waals surface area contributed by atoms with Crippen LogP contribution in [0.1, 0.15) is 50.7 Å². The van der Waals surface area contributed by atoms with Gasteiger partial charge in [0, 0.05) is 12.1 Å². The Balaban J connectivity index is 2.11. The smallest absolute Gasteiger partial charge is 0.126 e. The van der Waals surface area contributed by atoms with Crippen molar-refractivity contribution in [2.24, 2.45) is 0 Å². The molecule has 0 spiro atoms. The number of nitrogens with zero attached hydrogens (tertiary/aromatic N) is 1. The van der Waals surface area contributed by atoms with E-state index in [9.17, 15) is 0 Å². The second-order valence-corrected chi connectivity index (χ2v) is 5.83. The zero-order valence-corrected chi connectivity index (χ0v) is 13.8. The lowest BCUT2D eigenvalue weighted by Gasteiger charge is -2.21. The molecule has 0 aromatic heterocycles. The number of ether oxygens (including phenoxy) is 1. The van der Waals surface area contributed by atoms with Gasteiger partial charge in [0.25, 0.3) is 0 Å². The van der Waals surface area contributed by atoms with Crippen LogP contribution < -0.4 is 0 Å². The molecule has 0 atom stereocenters. The van der Waals surface area contributed by atoms with E-state index in [1.165, 1.54) is 42.4 Å². The lowest BCUT2D eigenvalue weighted by Crippen LogP contribution is -2.27. The predicted octanol–water partition coefficient (Wildman–Crippen LogP) is 4.64. The van der Waals surface area contributed by atoms with Gasteiger partial charge in [-0.05, 0) is 56.8 Å². The number of hydrogen-bond acceptors (Lipinski definition) is 2. The topological polar surface area (TPSA) is 12.5 Å². The van der Waals surface area contributed by atoms with Crippen LogP contribution in [0.15, 0.2) is 29.8 Å². The summed E-state index contributed by atoms with van der Waals surface area (Å²) in [6.07, 6.45) is 5.03. The highest BCUT2D eigenvalue weighted by Crippen LogP contribution is 2.33. The van der Waals surface area contributed by atoms with E-state index in [-0.39, 0.29) is 0 Å². The summed E-state index contributed by atoms with van der Waals surface area (Å²) in [6, 6.07) is 8.60. The normalized spacial score (nSPS) is 14.8. The largest absolute Gasteiger partial charge is 0.492 e. The average Bonchev–Trinajstić information content (AvgIpc) is 3.03. The standard InChI is InChI=1S/C19H29NO/c1-4-20(5-2)14-15-21-19(17-11-7-8-12-17)18-13-9-6-10-16(18)3/h6,9-10,13H,4-5,7-8,11-12,14-15H2,1-3H3. The van der Waals surface area contributed by atoms with E-state index in [2.05, 4.69) is 49.9 Å². The van der Waals surface area contributed by atoms with Crippen molar-refractivity contribution in [3.8, 4) is 0 Å². The predicted molar refractivity (Wildman–Crippen MR) is 90.3 cm³/mol. The minimum absolute atomic E-state index is 0.787. The van der Waals surface area contributed by atoms with Gasteiger partial charge in [-0.2, -0.15) is 0 Å². The molecule has 2 heteroatoms. The van der Waals surface area contributed by atoms with Crippen molar-refractivity contribution in [3.05, 3.63) is 41.0 Å². The number of hydrogen-bond donors (Lipinski definition) is 0. The SMILES string of the molecule is CCN(CC)CCOC(=C1CCCC1)c1ccccc1C. The van der Waals surface area contributed by atoms with Gasteiger partial charge in [-0.1, -0.05) is 38.1 Å². The van der Waals surface area contributed by atoms with Crippen LogP contribution in [-0.4, -0.2) is 31.1 Å². The first-order chi connectivity index (χ1) is 10.3. The Labute approximate surface area is 129 Å². The van der Waals surface area contributed by atoms with E-state index < -0.39 is 0 Å². The minimum Gasteiger partial charge on any atom is -0.492 e. The van der Waals surface area contributed by atoms with Crippen LogP contribution in [0, 0.1) is 6.92 Å². The first-order valence-corrected chi connectivity index (χ1v) is 8.39. The summed E-state index contributed by atoms with van der Waals surface area (Å²) in [5, 5.41) is 0. The Morgan fingerprint density at radius 2 is 1.76 bits per heavy atom. The van der Waals surface area contributed by atoms with Crippen LogP contribution in [0.5, 0.6) is 0 Å². The molecule has 21 heavy (non-hydrogen) atoms. The molecule has 0 amide bonds. The molecule has 116 valence electrons. The van der Waals surface area contributed by atoms with Crippen molar-refractivity contribution >= 4 is 5.76 Å². The molecule has 2 rings (SSSR count). The quantitative estimate of drug-likeness (QED) is 0.677. The molecule has 1 saturated carbocycles. The Kier molecular flexibility index (Phi) is 6.31. The summed E-state index contributed by atoms with van der Waals surface area (Å²) in [5.41, 5.74) is 4.12. The molecule has 1 fully saturated rings. The molecule has 0 saturated heterocycles. The van der Waals surface area contributed by atoms with E-state index in [0.717, 1.165) is 32.0 Å². The molecule has 0 N–H and O–H groups in total. The number of benzene rings is 1.